The van der Waals surface area contributed by atoms with Crippen LogP contribution in [0.5, 0.6) is 0 Å². The number of amides is 1. The molecule has 0 aliphatic heterocycles. The van der Waals surface area contributed by atoms with Crippen molar-refractivity contribution in [2.45, 2.75) is 33.2 Å². The van der Waals surface area contributed by atoms with E-state index < -0.39 is 11.3 Å². The van der Waals surface area contributed by atoms with Gasteiger partial charge in [-0.2, -0.15) is 15.5 Å². The third-order valence-electron chi connectivity index (χ3n) is 6.38. The molecule has 1 aliphatic rings. The Bertz CT molecular complexity index is 1500. The third-order valence-corrected chi connectivity index (χ3v) is 6.38. The maximum absolute atomic E-state index is 11.7. The summed E-state index contributed by atoms with van der Waals surface area (Å²) in [5, 5.41) is 18.3. The van der Waals surface area contributed by atoms with Crippen LogP contribution in [0, 0.1) is 34.0 Å². The summed E-state index contributed by atoms with van der Waals surface area (Å²) >= 11 is 0. The van der Waals surface area contributed by atoms with Gasteiger partial charge in [0.25, 0.3) is 0 Å². The molecule has 0 saturated heterocycles. The quantitative estimate of drug-likeness (QED) is 0.466. The summed E-state index contributed by atoms with van der Waals surface area (Å²) in [6.45, 7) is 4.07. The minimum atomic E-state index is -0.925. The first-order valence-corrected chi connectivity index (χ1v) is 11.1. The van der Waals surface area contributed by atoms with E-state index in [2.05, 4.69) is 52.4 Å². The molecule has 1 aliphatic carbocycles. The maximum atomic E-state index is 11.7. The number of nitrogens with two attached hydrogens (primary N) is 1. The molecular weight excluding hydrogens is 424 g/mol. The summed E-state index contributed by atoms with van der Waals surface area (Å²) in [4.78, 5) is 11.7. The van der Waals surface area contributed by atoms with Gasteiger partial charge in [-0.15, -0.1) is 0 Å². The van der Waals surface area contributed by atoms with Gasteiger partial charge in [-0.05, 0) is 49.9 Å². The molecule has 0 unspecified atom stereocenters. The van der Waals surface area contributed by atoms with Crippen molar-refractivity contribution in [3.63, 3.8) is 0 Å². The average molecular weight is 449 g/mol. The summed E-state index contributed by atoms with van der Waals surface area (Å²) in [6.07, 6.45) is 9.42. The fourth-order valence-electron chi connectivity index (χ4n) is 3.85. The van der Waals surface area contributed by atoms with E-state index >= 15 is 0 Å². The van der Waals surface area contributed by atoms with E-state index in [1.165, 1.54) is 0 Å². The average Bonchev–Trinajstić information content (AvgIpc) is 3.23. The fourth-order valence-corrected chi connectivity index (χ4v) is 3.85. The zero-order chi connectivity index (χ0) is 23.9. The monoisotopic (exact) mass is 448 g/mol. The number of hydrogen-bond acceptors (Lipinski definition) is 4. The van der Waals surface area contributed by atoms with Gasteiger partial charge in [0.15, 0.2) is 0 Å². The predicted molar refractivity (Wildman–Crippen MR) is 129 cm³/mol. The Morgan fingerprint density at radius 3 is 2.53 bits per heavy atom. The summed E-state index contributed by atoms with van der Waals surface area (Å²) in [5.74, 6) is 5.67. The van der Waals surface area contributed by atoms with Crippen molar-refractivity contribution in [3.8, 4) is 40.2 Å². The van der Waals surface area contributed by atoms with Crippen LogP contribution in [0.4, 0.5) is 0 Å². The molecule has 5 rings (SSSR count). The van der Waals surface area contributed by atoms with Crippen molar-refractivity contribution in [1.82, 2.24) is 19.4 Å². The lowest BCUT2D eigenvalue weighted by atomic mass is 9.93. The molecule has 0 atom stereocenters. The Labute approximate surface area is 197 Å². The highest BCUT2D eigenvalue weighted by Gasteiger charge is 2.43. The van der Waals surface area contributed by atoms with Crippen LogP contribution in [0.3, 0.4) is 0 Å². The van der Waals surface area contributed by atoms with Gasteiger partial charge in [0.1, 0.15) is 5.41 Å². The summed E-state index contributed by atoms with van der Waals surface area (Å²) in [7, 11) is 0. The van der Waals surface area contributed by atoms with Crippen molar-refractivity contribution in [2.75, 3.05) is 0 Å². The summed E-state index contributed by atoms with van der Waals surface area (Å²) in [5.41, 5.74) is 10.0. The first-order chi connectivity index (χ1) is 16.3. The summed E-state index contributed by atoms with van der Waals surface area (Å²) in [6, 6.07) is 14.4. The highest BCUT2D eigenvalue weighted by atomic mass is 16.1. The molecule has 1 aromatic carbocycles. The van der Waals surface area contributed by atoms with Crippen LogP contribution in [-0.2, 0) is 11.3 Å². The number of hydrogen-bond donors (Lipinski definition) is 1. The molecule has 3 heterocycles. The second kappa shape index (κ2) is 7.90. The smallest absolute Gasteiger partial charge is 0.235 e. The Morgan fingerprint density at radius 2 is 1.85 bits per heavy atom. The molecule has 0 radical (unpaired) electrons. The Morgan fingerprint density at radius 1 is 1.12 bits per heavy atom. The van der Waals surface area contributed by atoms with Gasteiger partial charge in [0.05, 0.1) is 41.5 Å². The number of pyridine rings is 1. The first-order valence-electron chi connectivity index (χ1n) is 11.1. The topological polar surface area (TPSA) is 102 Å². The van der Waals surface area contributed by atoms with Gasteiger partial charge in [-0.3, -0.25) is 9.48 Å². The van der Waals surface area contributed by atoms with Crippen molar-refractivity contribution in [2.24, 2.45) is 16.6 Å². The van der Waals surface area contributed by atoms with Gasteiger partial charge < -0.3 is 5.73 Å². The van der Waals surface area contributed by atoms with E-state index in [1.54, 1.807) is 18.4 Å². The van der Waals surface area contributed by atoms with Gasteiger partial charge in [0, 0.05) is 23.5 Å². The number of rotatable bonds is 5. The zero-order valence-electron chi connectivity index (χ0n) is 19.1. The number of fused-ring (bicyclic) bond motifs is 1. The molecule has 1 fully saturated rings. The number of aromatic nitrogens is 4. The molecule has 3 aromatic heterocycles. The van der Waals surface area contributed by atoms with Crippen LogP contribution in [0.15, 0.2) is 61.2 Å². The van der Waals surface area contributed by atoms with Crippen molar-refractivity contribution in [3.05, 3.63) is 66.7 Å². The van der Waals surface area contributed by atoms with Crippen LogP contribution >= 0.6 is 0 Å². The molecule has 0 spiro atoms. The Balaban J connectivity index is 1.45. The number of primary amides is 1. The second-order valence-corrected chi connectivity index (χ2v) is 9.41. The van der Waals surface area contributed by atoms with E-state index in [-0.39, 0.29) is 5.41 Å². The normalized spacial score (nSPS) is 14.3. The van der Waals surface area contributed by atoms with Crippen molar-refractivity contribution >= 4 is 11.4 Å². The number of nitrogens with zero attached hydrogens (tertiary/aromatic N) is 5. The fraction of sp³-hybridized carbons (Fsp3) is 0.259. The van der Waals surface area contributed by atoms with Gasteiger partial charge in [-0.1, -0.05) is 36.1 Å². The van der Waals surface area contributed by atoms with E-state index in [4.69, 9.17) is 5.73 Å². The minimum Gasteiger partial charge on any atom is -0.368 e. The number of benzene rings is 1. The zero-order valence-corrected chi connectivity index (χ0v) is 19.1. The molecule has 1 amide bonds. The molecule has 0 bridgehead atoms. The third kappa shape index (κ3) is 3.93. The Kier molecular flexibility index (Phi) is 4.99. The van der Waals surface area contributed by atoms with Crippen molar-refractivity contribution < 1.29 is 4.79 Å². The predicted octanol–water partition coefficient (Wildman–Crippen LogP) is 4.03. The molecule has 7 heteroatoms. The SMILES string of the molecule is CC(C)(C#Cc1cccn2ncc(-c3ccc(-c4cnn(CC5(C#N)CC5)c4)cc3)c12)C(N)=O. The molecule has 168 valence electrons. The first kappa shape index (κ1) is 21.5. The van der Waals surface area contributed by atoms with Crippen molar-refractivity contribution in [1.29, 1.82) is 5.26 Å². The maximum Gasteiger partial charge on any atom is 0.235 e. The van der Waals surface area contributed by atoms with Crippen LogP contribution in [-0.4, -0.2) is 25.3 Å². The molecule has 34 heavy (non-hydrogen) atoms. The van der Waals surface area contributed by atoms with Gasteiger partial charge >= 0.3 is 0 Å². The molecular formula is C27H24N6O. The lowest BCUT2D eigenvalue weighted by Gasteiger charge is -2.11. The highest BCUT2D eigenvalue weighted by Crippen LogP contribution is 2.46. The lowest BCUT2D eigenvalue weighted by molar-refractivity contribution is -0.123. The van der Waals surface area contributed by atoms with Crippen LogP contribution in [0.2, 0.25) is 0 Å². The number of carbonyl (C=O) groups is 1. The largest absolute Gasteiger partial charge is 0.368 e. The lowest BCUT2D eigenvalue weighted by Crippen LogP contribution is -2.29. The van der Waals surface area contributed by atoms with Crippen LogP contribution in [0.1, 0.15) is 32.3 Å². The molecule has 1 saturated carbocycles. The molecule has 7 nitrogen and oxygen atoms in total. The molecule has 4 aromatic rings. The standard InChI is InChI=1S/C27H24N6O/c1-26(2,25(29)34)10-9-21-4-3-13-33-24(21)23(15-31-33)20-7-5-19(6-8-20)22-14-30-32(16-22)18-27(17-28)11-12-27/h3-8,13-16H,11-12,18H2,1-2H3,(H2,29,34). The second-order valence-electron chi connectivity index (χ2n) is 9.41. The van der Waals surface area contributed by atoms with Gasteiger partial charge in [0.2, 0.25) is 5.91 Å². The van der Waals surface area contributed by atoms with E-state index in [0.29, 0.717) is 6.54 Å². The van der Waals surface area contributed by atoms with E-state index in [1.807, 2.05) is 41.6 Å². The van der Waals surface area contributed by atoms with Crippen LogP contribution in [0.25, 0.3) is 27.8 Å². The van der Waals surface area contributed by atoms with Gasteiger partial charge in [-0.25, -0.2) is 4.52 Å². The van der Waals surface area contributed by atoms with E-state index in [0.717, 1.165) is 46.2 Å². The number of carbonyl (C=O) groups excluding carboxylic acids is 1. The van der Waals surface area contributed by atoms with Crippen LogP contribution < -0.4 is 5.73 Å². The van der Waals surface area contributed by atoms with E-state index in [9.17, 15) is 10.1 Å². The molecule has 2 N–H and O–H groups in total. The Hall–Kier alpha value is -4.36. The minimum absolute atomic E-state index is 0.232. The highest BCUT2D eigenvalue weighted by molar-refractivity contribution is 5.87. The summed E-state index contributed by atoms with van der Waals surface area (Å²) < 4.78 is 3.65. The number of nitriles is 1.